The summed E-state index contributed by atoms with van der Waals surface area (Å²) in [5.41, 5.74) is -0.0661. The minimum atomic E-state index is -0.0661. The summed E-state index contributed by atoms with van der Waals surface area (Å²) in [7, 11) is 0. The maximum atomic E-state index is 9.61. The van der Waals surface area contributed by atoms with Crippen molar-refractivity contribution in [2.75, 3.05) is 6.61 Å². The largest absolute Gasteiger partial charge is 0.394 e. The first-order chi connectivity index (χ1) is 7.74. The van der Waals surface area contributed by atoms with Crippen molar-refractivity contribution < 1.29 is 5.11 Å². The van der Waals surface area contributed by atoms with Crippen molar-refractivity contribution in [2.45, 2.75) is 44.7 Å². The lowest BCUT2D eigenvalue weighted by Gasteiger charge is -2.39. The Balaban J connectivity index is 1.93. The van der Waals surface area contributed by atoms with Gasteiger partial charge in [-0.05, 0) is 18.8 Å². The van der Waals surface area contributed by atoms with E-state index in [0.717, 1.165) is 24.4 Å². The first-order valence-corrected chi connectivity index (χ1v) is 6.86. The molecule has 1 aromatic rings. The maximum absolute atomic E-state index is 9.61. The predicted octanol–water partition coefficient (Wildman–Crippen LogP) is 2.17. The van der Waals surface area contributed by atoms with E-state index in [0.29, 0.717) is 5.92 Å². The number of nitrogens with zero attached hydrogens (tertiary/aromatic N) is 1. The Bertz CT molecular complexity index is 315. The van der Waals surface area contributed by atoms with E-state index in [1.807, 2.05) is 11.6 Å². The van der Waals surface area contributed by atoms with Crippen molar-refractivity contribution in [1.29, 1.82) is 0 Å². The Morgan fingerprint density at radius 2 is 2.56 bits per heavy atom. The van der Waals surface area contributed by atoms with E-state index < -0.39 is 0 Å². The van der Waals surface area contributed by atoms with Crippen molar-refractivity contribution in [3.05, 3.63) is 16.6 Å². The average Bonchev–Trinajstić information content (AvgIpc) is 2.79. The van der Waals surface area contributed by atoms with Crippen molar-refractivity contribution >= 4 is 11.3 Å². The van der Waals surface area contributed by atoms with Gasteiger partial charge < -0.3 is 10.4 Å². The highest BCUT2D eigenvalue weighted by molar-refractivity contribution is 7.09. The molecule has 4 heteroatoms. The van der Waals surface area contributed by atoms with Gasteiger partial charge >= 0.3 is 0 Å². The summed E-state index contributed by atoms with van der Waals surface area (Å²) < 4.78 is 0. The summed E-state index contributed by atoms with van der Waals surface area (Å²) in [6, 6.07) is 0. The van der Waals surface area contributed by atoms with Crippen LogP contribution in [0.5, 0.6) is 0 Å². The minimum Gasteiger partial charge on any atom is -0.394 e. The maximum Gasteiger partial charge on any atom is 0.106 e. The molecule has 0 saturated heterocycles. The van der Waals surface area contributed by atoms with Crippen molar-refractivity contribution in [2.24, 2.45) is 5.92 Å². The zero-order valence-corrected chi connectivity index (χ0v) is 10.6. The molecule has 0 bridgehead atoms. The Labute approximate surface area is 101 Å². The second-order valence-electron chi connectivity index (χ2n) is 4.92. The molecular weight excluding hydrogens is 220 g/mol. The summed E-state index contributed by atoms with van der Waals surface area (Å²) >= 11 is 1.67. The molecule has 0 spiro atoms. The van der Waals surface area contributed by atoms with E-state index >= 15 is 0 Å². The van der Waals surface area contributed by atoms with Gasteiger partial charge in [-0.1, -0.05) is 19.8 Å². The van der Waals surface area contributed by atoms with E-state index in [1.165, 1.54) is 12.8 Å². The second-order valence-corrected chi connectivity index (χ2v) is 5.90. The van der Waals surface area contributed by atoms with Crippen LogP contribution in [0.4, 0.5) is 0 Å². The third kappa shape index (κ3) is 2.81. The molecule has 1 aliphatic rings. The van der Waals surface area contributed by atoms with Gasteiger partial charge in [-0.3, -0.25) is 0 Å². The van der Waals surface area contributed by atoms with Crippen LogP contribution in [0.15, 0.2) is 11.6 Å². The molecule has 2 N–H and O–H groups in total. The van der Waals surface area contributed by atoms with Crippen LogP contribution < -0.4 is 5.32 Å². The minimum absolute atomic E-state index is 0.0661. The van der Waals surface area contributed by atoms with Crippen molar-refractivity contribution in [3.8, 4) is 0 Å². The number of nitrogens with one attached hydrogen (secondary N) is 1. The van der Waals surface area contributed by atoms with Crippen molar-refractivity contribution in [3.63, 3.8) is 0 Å². The predicted molar refractivity (Wildman–Crippen MR) is 66.4 cm³/mol. The number of thiazole rings is 1. The van der Waals surface area contributed by atoms with E-state index in [-0.39, 0.29) is 12.1 Å². The van der Waals surface area contributed by atoms with Gasteiger partial charge in [-0.15, -0.1) is 11.3 Å². The fourth-order valence-corrected chi connectivity index (χ4v) is 3.18. The molecule has 1 aromatic heterocycles. The van der Waals surface area contributed by atoms with Gasteiger partial charge in [-0.25, -0.2) is 4.98 Å². The SMILES string of the molecule is CC1CCCC(CO)(NCc2nccs2)C1. The van der Waals surface area contributed by atoms with Crippen LogP contribution >= 0.6 is 11.3 Å². The highest BCUT2D eigenvalue weighted by Gasteiger charge is 2.33. The van der Waals surface area contributed by atoms with Gasteiger partial charge in [0.15, 0.2) is 0 Å². The van der Waals surface area contributed by atoms with Crippen LogP contribution in [0.1, 0.15) is 37.6 Å². The third-order valence-corrected chi connectivity index (χ3v) is 4.27. The average molecular weight is 240 g/mol. The molecule has 0 radical (unpaired) electrons. The molecule has 2 atom stereocenters. The normalized spacial score (nSPS) is 30.5. The molecule has 1 heterocycles. The molecule has 0 aromatic carbocycles. The number of aliphatic hydroxyl groups is 1. The summed E-state index contributed by atoms with van der Waals surface area (Å²) in [5.74, 6) is 0.713. The molecule has 0 amide bonds. The van der Waals surface area contributed by atoms with E-state index in [4.69, 9.17) is 0 Å². The molecular formula is C12H20N2OS. The summed E-state index contributed by atoms with van der Waals surface area (Å²) in [5, 5.41) is 16.2. The first kappa shape index (κ1) is 12.0. The molecule has 2 unspecified atom stereocenters. The first-order valence-electron chi connectivity index (χ1n) is 5.98. The summed E-state index contributed by atoms with van der Waals surface area (Å²) in [6.45, 7) is 3.29. The van der Waals surface area contributed by atoms with Crippen LogP contribution in [0.2, 0.25) is 0 Å². The lowest BCUT2D eigenvalue weighted by Crippen LogP contribution is -2.51. The molecule has 90 valence electrons. The smallest absolute Gasteiger partial charge is 0.106 e. The van der Waals surface area contributed by atoms with Crippen LogP contribution in [-0.4, -0.2) is 22.2 Å². The zero-order chi connectivity index (χ0) is 11.4. The van der Waals surface area contributed by atoms with Crippen molar-refractivity contribution in [1.82, 2.24) is 10.3 Å². The summed E-state index contributed by atoms with van der Waals surface area (Å²) in [6.07, 6.45) is 6.50. The lowest BCUT2D eigenvalue weighted by molar-refractivity contribution is 0.0982. The molecule has 1 fully saturated rings. The van der Waals surface area contributed by atoms with Gasteiger partial charge in [0, 0.05) is 23.7 Å². The number of aromatic nitrogens is 1. The molecule has 2 rings (SSSR count). The highest BCUT2D eigenvalue weighted by atomic mass is 32.1. The van der Waals surface area contributed by atoms with E-state index in [9.17, 15) is 5.11 Å². The Morgan fingerprint density at radius 1 is 1.69 bits per heavy atom. The van der Waals surface area contributed by atoms with Gasteiger partial charge in [0.05, 0.1) is 6.61 Å². The van der Waals surface area contributed by atoms with E-state index in [2.05, 4.69) is 17.2 Å². The molecule has 3 nitrogen and oxygen atoms in total. The van der Waals surface area contributed by atoms with Crippen LogP contribution in [-0.2, 0) is 6.54 Å². The quantitative estimate of drug-likeness (QED) is 0.848. The Hall–Kier alpha value is -0.450. The van der Waals surface area contributed by atoms with Gasteiger partial charge in [-0.2, -0.15) is 0 Å². The van der Waals surface area contributed by atoms with Crippen LogP contribution in [0, 0.1) is 5.92 Å². The third-order valence-electron chi connectivity index (χ3n) is 3.49. The number of rotatable bonds is 4. The zero-order valence-electron chi connectivity index (χ0n) is 9.78. The van der Waals surface area contributed by atoms with Crippen LogP contribution in [0.25, 0.3) is 0 Å². The molecule has 1 saturated carbocycles. The Kier molecular flexibility index (Phi) is 3.95. The topological polar surface area (TPSA) is 45.1 Å². The molecule has 1 aliphatic carbocycles. The van der Waals surface area contributed by atoms with Gasteiger partial charge in [0.1, 0.15) is 5.01 Å². The van der Waals surface area contributed by atoms with E-state index in [1.54, 1.807) is 11.3 Å². The van der Waals surface area contributed by atoms with Gasteiger partial charge in [0.2, 0.25) is 0 Å². The fraction of sp³-hybridized carbons (Fsp3) is 0.750. The number of hydrogen-bond donors (Lipinski definition) is 2. The monoisotopic (exact) mass is 240 g/mol. The van der Waals surface area contributed by atoms with Crippen LogP contribution in [0.3, 0.4) is 0 Å². The Morgan fingerprint density at radius 3 is 3.19 bits per heavy atom. The number of hydrogen-bond acceptors (Lipinski definition) is 4. The summed E-state index contributed by atoms with van der Waals surface area (Å²) in [4.78, 5) is 4.26. The fourth-order valence-electron chi connectivity index (χ4n) is 2.62. The standard InChI is InChI=1S/C12H20N2OS/c1-10-3-2-4-12(7-10,9-15)14-8-11-13-5-6-16-11/h5-6,10,14-15H,2-4,7-9H2,1H3. The second kappa shape index (κ2) is 5.25. The lowest BCUT2D eigenvalue weighted by atomic mass is 9.77. The van der Waals surface area contributed by atoms with Gasteiger partial charge in [0.25, 0.3) is 0 Å². The number of aliphatic hydroxyl groups excluding tert-OH is 1. The molecule has 0 aliphatic heterocycles. The highest BCUT2D eigenvalue weighted by Crippen LogP contribution is 2.32. The molecule has 16 heavy (non-hydrogen) atoms.